The first-order valence-electron chi connectivity index (χ1n) is 9.61. The van der Waals surface area contributed by atoms with E-state index in [2.05, 4.69) is 0 Å². The van der Waals surface area contributed by atoms with Crippen molar-refractivity contribution < 1.29 is 27.5 Å². The van der Waals surface area contributed by atoms with Crippen molar-refractivity contribution in [2.75, 3.05) is 18.6 Å². The van der Waals surface area contributed by atoms with E-state index in [9.17, 15) is 22.8 Å². The van der Waals surface area contributed by atoms with Gasteiger partial charge in [0.1, 0.15) is 5.75 Å². The summed E-state index contributed by atoms with van der Waals surface area (Å²) in [7, 11) is 1.45. The Balaban J connectivity index is 1.90. The van der Waals surface area contributed by atoms with Gasteiger partial charge in [0.15, 0.2) is 0 Å². The van der Waals surface area contributed by atoms with Crippen LogP contribution in [0.4, 0.5) is 18.9 Å². The molecule has 0 atom stereocenters. The minimum absolute atomic E-state index is 0.0235. The zero-order chi connectivity index (χ0) is 23.3. The number of hydrogen-bond acceptors (Lipinski definition) is 3. The van der Waals surface area contributed by atoms with Crippen LogP contribution in [0, 0.1) is 0 Å². The maximum Gasteiger partial charge on any atom is 0.416 e. The van der Waals surface area contributed by atoms with Crippen LogP contribution >= 0.6 is 11.6 Å². The topological polar surface area (TPSA) is 46.6 Å². The maximum atomic E-state index is 13.1. The molecule has 0 bridgehead atoms. The average Bonchev–Trinajstić information content (AvgIpc) is 2.80. The number of ether oxygens (including phenoxy) is 1. The lowest BCUT2D eigenvalue weighted by atomic mass is 10.1. The quantitative estimate of drug-likeness (QED) is 0.329. The van der Waals surface area contributed by atoms with Gasteiger partial charge in [-0.05, 0) is 36.2 Å². The van der Waals surface area contributed by atoms with Crippen molar-refractivity contribution in [2.45, 2.75) is 12.6 Å². The number of anilines is 1. The lowest BCUT2D eigenvalue weighted by molar-refractivity contribution is -0.137. The molecule has 0 N–H and O–H groups in total. The number of methoxy groups -OCH3 is 1. The molecule has 4 nitrogen and oxygen atoms in total. The highest BCUT2D eigenvalue weighted by Gasteiger charge is 2.30. The molecule has 0 fully saturated rings. The number of alkyl halides is 3. The lowest BCUT2D eigenvalue weighted by Crippen LogP contribution is -2.38. The van der Waals surface area contributed by atoms with Crippen LogP contribution in [0.5, 0.6) is 5.75 Å². The molecule has 0 heterocycles. The molecule has 8 heteroatoms. The Morgan fingerprint density at radius 3 is 2.22 bits per heavy atom. The Morgan fingerprint density at radius 2 is 1.62 bits per heavy atom. The lowest BCUT2D eigenvalue weighted by Gasteiger charge is -2.24. The molecule has 3 aromatic carbocycles. The fourth-order valence-electron chi connectivity index (χ4n) is 3.09. The molecule has 0 aliphatic carbocycles. The van der Waals surface area contributed by atoms with Crippen LogP contribution in [0.1, 0.15) is 21.5 Å². The van der Waals surface area contributed by atoms with E-state index >= 15 is 0 Å². The highest BCUT2D eigenvalue weighted by Crippen LogP contribution is 2.32. The van der Waals surface area contributed by atoms with Crippen LogP contribution in [0.25, 0.3) is 0 Å². The molecular weight excluding hydrogens is 443 g/mol. The van der Waals surface area contributed by atoms with Gasteiger partial charge in [-0.15, -0.1) is 0 Å². The number of hydrogen-bond donors (Lipinski definition) is 0. The van der Waals surface area contributed by atoms with Gasteiger partial charge in [0, 0.05) is 18.2 Å². The van der Waals surface area contributed by atoms with Crippen molar-refractivity contribution in [1.82, 2.24) is 0 Å². The van der Waals surface area contributed by atoms with Crippen molar-refractivity contribution in [2.24, 2.45) is 0 Å². The summed E-state index contributed by atoms with van der Waals surface area (Å²) in [6.07, 6.45) is -4.23. The van der Waals surface area contributed by atoms with E-state index in [1.165, 1.54) is 42.3 Å². The van der Waals surface area contributed by atoms with Crippen LogP contribution in [0.3, 0.4) is 0 Å². The molecular formula is C24H19ClF3NO3. The highest BCUT2D eigenvalue weighted by molar-refractivity contribution is 6.48. The van der Waals surface area contributed by atoms with Crippen molar-refractivity contribution in [3.05, 3.63) is 94.5 Å². The molecule has 0 aliphatic rings. The number of Topliss-reactive ketones (excluding diaryl/α,β-unsaturated/α-hetero) is 1. The monoisotopic (exact) mass is 461 g/mol. The van der Waals surface area contributed by atoms with Crippen LogP contribution < -0.4 is 9.64 Å². The summed E-state index contributed by atoms with van der Waals surface area (Å²) in [6.45, 7) is 0.0235. The molecule has 0 saturated heterocycles. The average molecular weight is 462 g/mol. The fraction of sp³-hybridized carbons (Fsp3) is 0.167. The van der Waals surface area contributed by atoms with Gasteiger partial charge in [-0.3, -0.25) is 9.59 Å². The van der Waals surface area contributed by atoms with E-state index in [1.54, 1.807) is 30.3 Å². The maximum absolute atomic E-state index is 13.1. The number of benzene rings is 3. The van der Waals surface area contributed by atoms with Crippen molar-refractivity contribution >= 4 is 29.0 Å². The van der Waals surface area contributed by atoms with Crippen molar-refractivity contribution in [1.29, 1.82) is 0 Å². The molecule has 0 spiro atoms. The number of nitrogens with zero attached hydrogens (tertiary/aromatic N) is 1. The third kappa shape index (κ3) is 5.48. The standard InChI is InChI=1S/C24H19ClF3NO3/c1-32-19-11-12-20(25)21(15-19)29(23(31)22(30)17-5-3-2-4-6-17)14-13-16-7-9-18(10-8-16)24(26,27)28/h2-12,15H,13-14H2,1H3. The Morgan fingerprint density at radius 1 is 0.969 bits per heavy atom. The van der Waals surface area contributed by atoms with Gasteiger partial charge in [-0.1, -0.05) is 54.1 Å². The van der Waals surface area contributed by atoms with Gasteiger partial charge in [-0.2, -0.15) is 13.2 Å². The number of rotatable bonds is 7. The minimum Gasteiger partial charge on any atom is -0.497 e. The van der Waals surface area contributed by atoms with Crippen LogP contribution in [0.2, 0.25) is 5.02 Å². The first-order valence-corrected chi connectivity index (χ1v) is 9.99. The summed E-state index contributed by atoms with van der Waals surface area (Å²) in [6, 6.07) is 17.4. The van der Waals surface area contributed by atoms with E-state index in [-0.39, 0.29) is 29.2 Å². The van der Waals surface area contributed by atoms with Crippen LogP contribution in [-0.4, -0.2) is 25.3 Å². The van der Waals surface area contributed by atoms with Gasteiger partial charge in [0.2, 0.25) is 0 Å². The van der Waals surface area contributed by atoms with E-state index < -0.39 is 23.4 Å². The molecule has 3 rings (SSSR count). The Labute approximate surface area is 188 Å². The Bertz CT molecular complexity index is 1100. The molecule has 0 unspecified atom stereocenters. The first kappa shape index (κ1) is 23.3. The second kappa shape index (κ2) is 9.87. The zero-order valence-electron chi connectivity index (χ0n) is 17.0. The largest absolute Gasteiger partial charge is 0.497 e. The summed E-state index contributed by atoms with van der Waals surface area (Å²) in [5, 5.41) is 0.229. The van der Waals surface area contributed by atoms with Crippen molar-refractivity contribution in [3.8, 4) is 5.75 Å². The molecule has 0 aliphatic heterocycles. The summed E-state index contributed by atoms with van der Waals surface area (Å²) >= 11 is 6.31. The summed E-state index contributed by atoms with van der Waals surface area (Å²) in [4.78, 5) is 27.2. The summed E-state index contributed by atoms with van der Waals surface area (Å²) in [5.74, 6) is -1.10. The molecule has 0 aromatic heterocycles. The second-order valence-corrected chi connectivity index (χ2v) is 7.32. The summed E-state index contributed by atoms with van der Waals surface area (Å²) in [5.41, 5.74) is 0.300. The molecule has 166 valence electrons. The normalized spacial score (nSPS) is 11.2. The van der Waals surface area contributed by atoms with Gasteiger partial charge in [-0.25, -0.2) is 0 Å². The van der Waals surface area contributed by atoms with Gasteiger partial charge in [0.05, 0.1) is 23.4 Å². The first-order chi connectivity index (χ1) is 15.2. The molecule has 1 amide bonds. The summed E-state index contributed by atoms with van der Waals surface area (Å²) < 4.78 is 43.6. The number of carbonyl (C=O) groups excluding carboxylic acids is 2. The Kier molecular flexibility index (Phi) is 7.20. The third-order valence-electron chi connectivity index (χ3n) is 4.82. The number of carbonyl (C=O) groups is 2. The molecule has 32 heavy (non-hydrogen) atoms. The van der Waals surface area contributed by atoms with E-state index in [1.807, 2.05) is 0 Å². The predicted octanol–water partition coefficient (Wildman–Crippen LogP) is 5.83. The molecule has 0 saturated carbocycles. The van der Waals surface area contributed by atoms with Gasteiger partial charge < -0.3 is 9.64 Å². The van der Waals surface area contributed by atoms with Crippen molar-refractivity contribution in [3.63, 3.8) is 0 Å². The zero-order valence-corrected chi connectivity index (χ0v) is 17.8. The number of amides is 1. The highest BCUT2D eigenvalue weighted by atomic mass is 35.5. The third-order valence-corrected chi connectivity index (χ3v) is 5.14. The molecule has 0 radical (unpaired) electrons. The van der Waals surface area contributed by atoms with Gasteiger partial charge >= 0.3 is 6.18 Å². The molecule has 3 aromatic rings. The SMILES string of the molecule is COc1ccc(Cl)c(N(CCc2ccc(C(F)(F)F)cc2)C(=O)C(=O)c2ccccc2)c1. The predicted molar refractivity (Wildman–Crippen MR) is 116 cm³/mol. The van der Waals surface area contributed by atoms with E-state index in [0.29, 0.717) is 11.3 Å². The second-order valence-electron chi connectivity index (χ2n) is 6.91. The smallest absolute Gasteiger partial charge is 0.416 e. The Hall–Kier alpha value is -3.32. The van der Waals surface area contributed by atoms with Crippen LogP contribution in [0.15, 0.2) is 72.8 Å². The number of ketones is 1. The van der Waals surface area contributed by atoms with E-state index in [4.69, 9.17) is 16.3 Å². The van der Waals surface area contributed by atoms with E-state index in [0.717, 1.165) is 12.1 Å². The fourth-order valence-corrected chi connectivity index (χ4v) is 3.31. The van der Waals surface area contributed by atoms with Crippen LogP contribution in [-0.2, 0) is 17.4 Å². The minimum atomic E-state index is -4.43. The number of halogens is 4. The van der Waals surface area contributed by atoms with Gasteiger partial charge in [0.25, 0.3) is 11.7 Å².